The van der Waals surface area contributed by atoms with Crippen LogP contribution < -0.4 is 5.32 Å². The summed E-state index contributed by atoms with van der Waals surface area (Å²) in [6.45, 7) is 10.2. The Kier molecular flexibility index (Phi) is 8.85. The molecule has 7 heteroatoms. The molecule has 0 aromatic carbocycles. The molecule has 0 aromatic rings. The third-order valence-electron chi connectivity index (χ3n) is 6.88. The van der Waals surface area contributed by atoms with Gasteiger partial charge >= 0.3 is 5.97 Å². The van der Waals surface area contributed by atoms with Crippen LogP contribution in [0.3, 0.4) is 0 Å². The number of hydrogen-bond donors (Lipinski definition) is 4. The fourth-order valence-corrected chi connectivity index (χ4v) is 4.98. The van der Waals surface area contributed by atoms with Crippen molar-refractivity contribution >= 4 is 11.9 Å². The van der Waals surface area contributed by atoms with Crippen molar-refractivity contribution in [2.75, 3.05) is 7.11 Å². The first-order valence-corrected chi connectivity index (χ1v) is 11.4. The number of nitrogens with one attached hydrogen (secondary N) is 1. The molecule has 0 saturated carbocycles. The number of hydrogen-bond acceptors (Lipinski definition) is 6. The Bertz CT molecular complexity index is 785. The number of aliphatic hydroxyl groups is 3. The third-order valence-corrected chi connectivity index (χ3v) is 6.88. The van der Waals surface area contributed by atoms with E-state index in [2.05, 4.69) is 30.8 Å². The zero-order valence-electron chi connectivity index (χ0n) is 20.0. The van der Waals surface area contributed by atoms with E-state index >= 15 is 0 Å². The molecule has 0 spiro atoms. The molecule has 7 nitrogen and oxygen atoms in total. The summed E-state index contributed by atoms with van der Waals surface area (Å²) in [7, 11) is 1.24. The molecule has 0 bridgehead atoms. The lowest BCUT2D eigenvalue weighted by Crippen LogP contribution is -2.53. The van der Waals surface area contributed by atoms with E-state index in [9.17, 15) is 24.9 Å². The van der Waals surface area contributed by atoms with Crippen LogP contribution in [0.1, 0.15) is 53.9 Å². The average molecular weight is 450 g/mol. The number of amides is 1. The standard InChI is InChI=1S/C25H39NO6/c1-14(2)11-19-23-17(5)16(4)13-18(25(23,31)24(30)26-19)12-15(3)7-8-20(27)21(28)9-10-22(29)32-6/h9-10,12-14,17-21,23,27-28,31H,7-8,11H2,1-6H3,(H,26,30)/b10-9+,15-12+/t17-,18+,19+,20+,21-,23+,25+/m0/s1. The van der Waals surface area contributed by atoms with E-state index in [1.54, 1.807) is 0 Å². The topological polar surface area (TPSA) is 116 Å². The van der Waals surface area contributed by atoms with Crippen LogP contribution in [0.15, 0.2) is 35.5 Å². The zero-order valence-corrected chi connectivity index (χ0v) is 20.0. The van der Waals surface area contributed by atoms with Gasteiger partial charge in [0.15, 0.2) is 5.60 Å². The van der Waals surface area contributed by atoms with Crippen molar-refractivity contribution in [1.29, 1.82) is 0 Å². The monoisotopic (exact) mass is 449 g/mol. The van der Waals surface area contributed by atoms with Gasteiger partial charge in [-0.05, 0) is 51.0 Å². The van der Waals surface area contributed by atoms with Crippen molar-refractivity contribution in [3.05, 3.63) is 35.5 Å². The summed E-state index contributed by atoms with van der Waals surface area (Å²) in [6.07, 6.45) is 5.48. The molecule has 4 N–H and O–H groups in total. The number of esters is 1. The maximum Gasteiger partial charge on any atom is 0.330 e. The van der Waals surface area contributed by atoms with E-state index in [1.165, 1.54) is 13.2 Å². The molecule has 1 aliphatic carbocycles. The van der Waals surface area contributed by atoms with E-state index in [4.69, 9.17) is 0 Å². The van der Waals surface area contributed by atoms with E-state index < -0.39 is 29.7 Å². The summed E-state index contributed by atoms with van der Waals surface area (Å²) in [5.74, 6) is -1.09. The lowest BCUT2D eigenvalue weighted by atomic mass is 9.63. The Morgan fingerprint density at radius 2 is 2.00 bits per heavy atom. The molecule has 0 aromatic heterocycles. The summed E-state index contributed by atoms with van der Waals surface area (Å²) in [5, 5.41) is 34.9. The quantitative estimate of drug-likeness (QED) is 0.244. The number of fused-ring (bicyclic) bond motifs is 1. The van der Waals surface area contributed by atoms with Crippen LogP contribution in [-0.2, 0) is 14.3 Å². The van der Waals surface area contributed by atoms with Gasteiger partial charge in [-0.1, -0.05) is 44.1 Å². The van der Waals surface area contributed by atoms with Gasteiger partial charge in [-0.2, -0.15) is 0 Å². The Hall–Kier alpha value is -1.96. The van der Waals surface area contributed by atoms with Gasteiger partial charge in [-0.3, -0.25) is 4.79 Å². The number of carbonyl (C=O) groups is 2. The number of carbonyl (C=O) groups excluding carboxylic acids is 2. The predicted octanol–water partition coefficient (Wildman–Crippen LogP) is 2.27. The number of rotatable bonds is 9. The van der Waals surface area contributed by atoms with Crippen molar-refractivity contribution < 1.29 is 29.6 Å². The minimum absolute atomic E-state index is 0.0686. The van der Waals surface area contributed by atoms with Crippen LogP contribution in [0, 0.1) is 23.7 Å². The van der Waals surface area contributed by atoms with Crippen LogP contribution in [0.4, 0.5) is 0 Å². The molecule has 1 amide bonds. The third kappa shape index (κ3) is 5.69. The van der Waals surface area contributed by atoms with Crippen LogP contribution >= 0.6 is 0 Å². The Morgan fingerprint density at radius 1 is 1.34 bits per heavy atom. The highest BCUT2D eigenvalue weighted by Crippen LogP contribution is 2.48. The highest BCUT2D eigenvalue weighted by Gasteiger charge is 2.60. The fraction of sp³-hybridized carbons (Fsp3) is 0.680. The van der Waals surface area contributed by atoms with Crippen molar-refractivity contribution in [3.8, 4) is 0 Å². The van der Waals surface area contributed by atoms with Crippen molar-refractivity contribution in [3.63, 3.8) is 0 Å². The Balaban J connectivity index is 2.15. The first-order valence-electron chi connectivity index (χ1n) is 11.4. The normalized spacial score (nSPS) is 32.5. The zero-order chi connectivity index (χ0) is 24.2. The van der Waals surface area contributed by atoms with Crippen molar-refractivity contribution in [2.45, 2.75) is 77.7 Å². The summed E-state index contributed by atoms with van der Waals surface area (Å²) in [5.41, 5.74) is 0.563. The largest absolute Gasteiger partial charge is 0.466 e. The Morgan fingerprint density at radius 3 is 2.59 bits per heavy atom. The maximum atomic E-state index is 12.9. The molecular formula is C25H39NO6. The summed E-state index contributed by atoms with van der Waals surface area (Å²) in [6, 6.07) is -0.0686. The number of allylic oxidation sites excluding steroid dienone is 2. The molecule has 7 atom stereocenters. The lowest BCUT2D eigenvalue weighted by Gasteiger charge is -2.42. The van der Waals surface area contributed by atoms with Gasteiger partial charge in [0, 0.05) is 24.0 Å². The van der Waals surface area contributed by atoms with Crippen LogP contribution in [0.2, 0.25) is 0 Å². The van der Waals surface area contributed by atoms with E-state index in [-0.39, 0.29) is 30.2 Å². The number of ether oxygens (including phenoxy) is 1. The van der Waals surface area contributed by atoms with Gasteiger partial charge in [0.2, 0.25) is 0 Å². The van der Waals surface area contributed by atoms with Gasteiger partial charge in [0.1, 0.15) is 0 Å². The van der Waals surface area contributed by atoms with Gasteiger partial charge in [-0.15, -0.1) is 0 Å². The minimum Gasteiger partial charge on any atom is -0.466 e. The highest BCUT2D eigenvalue weighted by molar-refractivity contribution is 5.90. The molecule has 1 aliphatic heterocycles. The number of methoxy groups -OCH3 is 1. The maximum absolute atomic E-state index is 12.9. The van der Waals surface area contributed by atoms with Crippen molar-refractivity contribution in [1.82, 2.24) is 5.32 Å². The van der Waals surface area contributed by atoms with Gasteiger partial charge in [-0.25, -0.2) is 4.79 Å². The highest BCUT2D eigenvalue weighted by atomic mass is 16.5. The first-order chi connectivity index (χ1) is 14.9. The number of aliphatic hydroxyl groups excluding tert-OH is 2. The second kappa shape index (κ2) is 10.8. The SMILES string of the molecule is COC(=O)/C=C/[C@H](O)[C@H](O)CC/C(C)=C/[C@@H]1C=C(C)[C@H](C)[C@@H]2[C@@H](CC(C)C)NC(=O)[C@]21O. The van der Waals surface area contributed by atoms with E-state index in [1.807, 2.05) is 26.0 Å². The fourth-order valence-electron chi connectivity index (χ4n) is 4.98. The summed E-state index contributed by atoms with van der Waals surface area (Å²) < 4.78 is 4.47. The lowest BCUT2D eigenvalue weighted by molar-refractivity contribution is -0.143. The van der Waals surface area contributed by atoms with Crippen LogP contribution in [-0.4, -0.2) is 58.2 Å². The summed E-state index contributed by atoms with van der Waals surface area (Å²) in [4.78, 5) is 24.1. The molecule has 1 fully saturated rings. The van der Waals surface area contributed by atoms with E-state index in [0.717, 1.165) is 23.6 Å². The van der Waals surface area contributed by atoms with Crippen molar-refractivity contribution in [2.24, 2.45) is 23.7 Å². The molecule has 180 valence electrons. The minimum atomic E-state index is -1.50. The van der Waals surface area contributed by atoms with Gasteiger partial charge < -0.3 is 25.4 Å². The average Bonchev–Trinajstić information content (AvgIpc) is 2.98. The molecule has 2 aliphatic rings. The Labute approximate surface area is 191 Å². The van der Waals surface area contributed by atoms with Gasteiger partial charge in [0.25, 0.3) is 5.91 Å². The van der Waals surface area contributed by atoms with Crippen LogP contribution in [0.25, 0.3) is 0 Å². The van der Waals surface area contributed by atoms with Crippen LogP contribution in [0.5, 0.6) is 0 Å². The second-order valence-corrected chi connectivity index (χ2v) is 9.78. The molecule has 0 radical (unpaired) electrons. The first kappa shape index (κ1) is 26.3. The molecule has 32 heavy (non-hydrogen) atoms. The summed E-state index contributed by atoms with van der Waals surface area (Å²) >= 11 is 0. The molecule has 2 rings (SSSR count). The molecule has 0 unspecified atom stereocenters. The molecule has 1 heterocycles. The smallest absolute Gasteiger partial charge is 0.330 e. The van der Waals surface area contributed by atoms with E-state index in [0.29, 0.717) is 12.3 Å². The van der Waals surface area contributed by atoms with Gasteiger partial charge in [0.05, 0.1) is 19.3 Å². The predicted molar refractivity (Wildman–Crippen MR) is 122 cm³/mol. The second-order valence-electron chi connectivity index (χ2n) is 9.78. The molecule has 1 saturated heterocycles. The molecular weight excluding hydrogens is 410 g/mol.